The molecule has 3 aromatic rings. The highest BCUT2D eigenvalue weighted by Crippen LogP contribution is 2.42. The Morgan fingerprint density at radius 1 is 1.11 bits per heavy atom. The molecular formula is C26H18ClF5N2O4. The third-order valence-electron chi connectivity index (χ3n) is 6.20. The average molecular weight is 553 g/mol. The monoisotopic (exact) mass is 552 g/mol. The first-order chi connectivity index (χ1) is 18.0. The SMILES string of the molecule is O=C(Nc1cc(OC[C@H]2CCO2)cc2c1[C@@H](c1cc(F)ccc1Cl)NC2=O)c1cc(F)cc(C(F)(F)F)c1. The predicted octanol–water partition coefficient (Wildman–Crippen LogP) is 5.89. The molecule has 12 heteroatoms. The van der Waals surface area contributed by atoms with Gasteiger partial charge in [0.25, 0.3) is 11.8 Å². The molecule has 198 valence electrons. The first kappa shape index (κ1) is 25.9. The van der Waals surface area contributed by atoms with E-state index >= 15 is 0 Å². The summed E-state index contributed by atoms with van der Waals surface area (Å²) in [6, 6.07) is 6.80. The molecule has 2 N–H and O–H groups in total. The molecule has 2 amide bonds. The second kappa shape index (κ2) is 9.88. The van der Waals surface area contributed by atoms with Crippen LogP contribution in [0.2, 0.25) is 5.02 Å². The highest BCUT2D eigenvalue weighted by Gasteiger charge is 2.36. The van der Waals surface area contributed by atoms with Crippen LogP contribution in [0.1, 0.15) is 49.9 Å². The lowest BCUT2D eigenvalue weighted by atomic mass is 9.95. The van der Waals surface area contributed by atoms with E-state index in [2.05, 4.69) is 10.6 Å². The van der Waals surface area contributed by atoms with Crippen molar-refractivity contribution in [2.24, 2.45) is 0 Å². The van der Waals surface area contributed by atoms with Crippen molar-refractivity contribution in [1.82, 2.24) is 5.32 Å². The molecule has 3 aromatic carbocycles. The van der Waals surface area contributed by atoms with Crippen molar-refractivity contribution < 1.29 is 41.0 Å². The Balaban J connectivity index is 1.56. The van der Waals surface area contributed by atoms with Gasteiger partial charge in [0.15, 0.2) is 0 Å². The minimum atomic E-state index is -4.88. The van der Waals surface area contributed by atoms with Crippen LogP contribution in [0.3, 0.4) is 0 Å². The highest BCUT2D eigenvalue weighted by atomic mass is 35.5. The molecule has 0 unspecified atom stereocenters. The predicted molar refractivity (Wildman–Crippen MR) is 126 cm³/mol. The first-order valence-corrected chi connectivity index (χ1v) is 11.7. The number of anilines is 1. The average Bonchev–Trinajstić information content (AvgIpc) is 3.15. The number of alkyl halides is 3. The largest absolute Gasteiger partial charge is 0.491 e. The van der Waals surface area contributed by atoms with E-state index < -0.39 is 46.8 Å². The molecule has 2 aliphatic heterocycles. The molecule has 0 spiro atoms. The van der Waals surface area contributed by atoms with Gasteiger partial charge in [-0.3, -0.25) is 9.59 Å². The van der Waals surface area contributed by atoms with E-state index in [1.54, 1.807) is 0 Å². The molecule has 2 heterocycles. The lowest BCUT2D eigenvalue weighted by Gasteiger charge is -2.26. The van der Waals surface area contributed by atoms with Crippen LogP contribution in [0.15, 0.2) is 48.5 Å². The number of rotatable bonds is 6. The van der Waals surface area contributed by atoms with Crippen LogP contribution in [-0.2, 0) is 10.9 Å². The zero-order valence-corrected chi connectivity index (χ0v) is 20.1. The molecule has 6 nitrogen and oxygen atoms in total. The number of hydrogen-bond acceptors (Lipinski definition) is 4. The number of benzene rings is 3. The van der Waals surface area contributed by atoms with Crippen LogP contribution >= 0.6 is 11.6 Å². The zero-order chi connectivity index (χ0) is 27.2. The van der Waals surface area contributed by atoms with E-state index in [4.69, 9.17) is 21.1 Å². The third-order valence-corrected chi connectivity index (χ3v) is 6.54. The van der Waals surface area contributed by atoms with Crippen molar-refractivity contribution >= 4 is 29.1 Å². The second-order valence-electron chi connectivity index (χ2n) is 8.78. The van der Waals surface area contributed by atoms with Gasteiger partial charge in [0, 0.05) is 40.8 Å². The van der Waals surface area contributed by atoms with Gasteiger partial charge >= 0.3 is 6.18 Å². The lowest BCUT2D eigenvalue weighted by molar-refractivity contribution is -0.137. The molecule has 0 aliphatic carbocycles. The van der Waals surface area contributed by atoms with Gasteiger partial charge in [-0.15, -0.1) is 0 Å². The lowest BCUT2D eigenvalue weighted by Crippen LogP contribution is -2.32. The van der Waals surface area contributed by atoms with Gasteiger partial charge in [-0.05, 0) is 42.5 Å². The highest BCUT2D eigenvalue weighted by molar-refractivity contribution is 6.31. The number of carbonyl (C=O) groups excluding carboxylic acids is 2. The summed E-state index contributed by atoms with van der Waals surface area (Å²) in [4.78, 5) is 25.9. The Hall–Kier alpha value is -3.70. The molecule has 1 fully saturated rings. The van der Waals surface area contributed by atoms with Crippen molar-refractivity contribution in [3.63, 3.8) is 0 Å². The van der Waals surface area contributed by atoms with Crippen molar-refractivity contribution in [2.45, 2.75) is 24.7 Å². The van der Waals surface area contributed by atoms with Crippen LogP contribution in [0.5, 0.6) is 5.75 Å². The molecule has 38 heavy (non-hydrogen) atoms. The number of halogens is 6. The summed E-state index contributed by atoms with van der Waals surface area (Å²) in [5.41, 5.74) is -1.50. The topological polar surface area (TPSA) is 76.7 Å². The van der Waals surface area contributed by atoms with Crippen LogP contribution in [-0.4, -0.2) is 31.1 Å². The van der Waals surface area contributed by atoms with E-state index in [1.807, 2.05) is 0 Å². The summed E-state index contributed by atoms with van der Waals surface area (Å²) in [6.07, 6.45) is -4.26. The van der Waals surface area contributed by atoms with Gasteiger partial charge in [-0.25, -0.2) is 8.78 Å². The smallest absolute Gasteiger partial charge is 0.416 e. The maximum Gasteiger partial charge on any atom is 0.416 e. The van der Waals surface area contributed by atoms with Crippen molar-refractivity contribution in [3.8, 4) is 5.75 Å². The Labute approximate surface area is 217 Å². The quantitative estimate of drug-likeness (QED) is 0.374. The number of ether oxygens (including phenoxy) is 2. The van der Waals surface area contributed by atoms with Crippen LogP contribution in [0.4, 0.5) is 27.6 Å². The molecule has 2 atom stereocenters. The fourth-order valence-corrected chi connectivity index (χ4v) is 4.47. The fraction of sp³-hybridized carbons (Fsp3) is 0.231. The minimum absolute atomic E-state index is 0.0153. The number of fused-ring (bicyclic) bond motifs is 1. The Morgan fingerprint density at radius 2 is 1.87 bits per heavy atom. The Kier molecular flexibility index (Phi) is 6.74. The molecule has 5 rings (SSSR count). The minimum Gasteiger partial charge on any atom is -0.491 e. The van der Waals surface area contributed by atoms with Gasteiger partial charge in [-0.2, -0.15) is 13.2 Å². The summed E-state index contributed by atoms with van der Waals surface area (Å²) in [7, 11) is 0. The summed E-state index contributed by atoms with van der Waals surface area (Å²) in [5, 5.41) is 5.27. The number of nitrogens with one attached hydrogen (secondary N) is 2. The van der Waals surface area contributed by atoms with E-state index in [0.29, 0.717) is 18.7 Å². The summed E-state index contributed by atoms with van der Waals surface area (Å²) < 4.78 is 78.6. The third kappa shape index (κ3) is 5.16. The molecule has 0 aromatic heterocycles. The van der Waals surface area contributed by atoms with E-state index in [-0.39, 0.29) is 51.9 Å². The van der Waals surface area contributed by atoms with Gasteiger partial charge in [0.05, 0.1) is 29.0 Å². The van der Waals surface area contributed by atoms with Crippen molar-refractivity contribution in [1.29, 1.82) is 0 Å². The second-order valence-corrected chi connectivity index (χ2v) is 9.18. The van der Waals surface area contributed by atoms with Crippen molar-refractivity contribution in [3.05, 3.63) is 93.0 Å². The van der Waals surface area contributed by atoms with Crippen LogP contribution in [0, 0.1) is 11.6 Å². The fourth-order valence-electron chi connectivity index (χ4n) is 4.25. The molecule has 2 aliphatic rings. The van der Waals surface area contributed by atoms with E-state index in [9.17, 15) is 31.5 Å². The molecule has 0 saturated carbocycles. The van der Waals surface area contributed by atoms with Crippen LogP contribution < -0.4 is 15.4 Å². The Bertz CT molecular complexity index is 1440. The first-order valence-electron chi connectivity index (χ1n) is 11.4. The number of carbonyl (C=O) groups is 2. The maximum atomic E-state index is 14.1. The van der Waals surface area contributed by atoms with Crippen LogP contribution in [0.25, 0.3) is 0 Å². The molecular weight excluding hydrogens is 535 g/mol. The zero-order valence-electron chi connectivity index (χ0n) is 19.3. The molecule has 1 saturated heterocycles. The summed E-state index contributed by atoms with van der Waals surface area (Å²) >= 11 is 6.27. The van der Waals surface area contributed by atoms with Gasteiger partial charge in [0.2, 0.25) is 0 Å². The van der Waals surface area contributed by atoms with Gasteiger partial charge in [-0.1, -0.05) is 11.6 Å². The molecule has 0 radical (unpaired) electrons. The maximum absolute atomic E-state index is 14.1. The standard InChI is InChI=1S/C26H18ClF5N2O4/c27-20-2-1-14(28)8-18(20)23-22-19(25(36)34-23)9-17(38-11-16-3-4-37-16)10-21(22)33-24(35)12-5-13(26(30,31)32)7-15(29)6-12/h1-2,5-10,16,23H,3-4,11H2,(H,33,35)(H,34,36)/t16-,23-/m1/s1. The van der Waals surface area contributed by atoms with Gasteiger partial charge in [0.1, 0.15) is 24.0 Å². The number of amides is 2. The summed E-state index contributed by atoms with van der Waals surface area (Å²) in [5.74, 6) is -3.35. The van der Waals surface area contributed by atoms with E-state index in [0.717, 1.165) is 18.6 Å². The number of hydrogen-bond donors (Lipinski definition) is 2. The van der Waals surface area contributed by atoms with Crippen molar-refractivity contribution in [2.75, 3.05) is 18.5 Å². The van der Waals surface area contributed by atoms with E-state index in [1.165, 1.54) is 18.2 Å². The Morgan fingerprint density at radius 3 is 2.55 bits per heavy atom. The normalized spacial score (nSPS) is 18.4. The molecule has 0 bridgehead atoms. The van der Waals surface area contributed by atoms with Gasteiger partial charge < -0.3 is 20.1 Å². The summed E-state index contributed by atoms with van der Waals surface area (Å²) in [6.45, 7) is 0.747.